The lowest BCUT2D eigenvalue weighted by Crippen LogP contribution is -2.29. The van der Waals surface area contributed by atoms with Crippen molar-refractivity contribution < 1.29 is 24.2 Å². The summed E-state index contributed by atoms with van der Waals surface area (Å²) in [7, 11) is 0. The predicted octanol–water partition coefficient (Wildman–Crippen LogP) is 3.86. The molecule has 3 rings (SSSR count). The highest BCUT2D eigenvalue weighted by Crippen LogP contribution is 2.39. The van der Waals surface area contributed by atoms with Crippen molar-refractivity contribution in [1.82, 2.24) is 4.90 Å². The van der Waals surface area contributed by atoms with Gasteiger partial charge in [0.25, 0.3) is 5.91 Å². The van der Waals surface area contributed by atoms with Crippen LogP contribution in [0.3, 0.4) is 0 Å². The first kappa shape index (κ1) is 20.7. The minimum Gasteiger partial charge on any atom is -0.493 e. The molecule has 1 fully saturated rings. The van der Waals surface area contributed by atoms with Gasteiger partial charge in [0, 0.05) is 30.5 Å². The van der Waals surface area contributed by atoms with Crippen molar-refractivity contribution >= 4 is 46.3 Å². The summed E-state index contributed by atoms with van der Waals surface area (Å²) < 4.78 is 12.1. The summed E-state index contributed by atoms with van der Waals surface area (Å²) >= 11 is 6.60. The van der Waals surface area contributed by atoms with Crippen LogP contribution in [0.1, 0.15) is 44.2 Å². The summed E-state index contributed by atoms with van der Waals surface area (Å²) in [4.78, 5) is 25.5. The second kappa shape index (κ2) is 8.96. The molecule has 0 bridgehead atoms. The van der Waals surface area contributed by atoms with Crippen molar-refractivity contribution in [2.75, 3.05) is 13.2 Å². The van der Waals surface area contributed by atoms with Crippen molar-refractivity contribution in [3.63, 3.8) is 0 Å². The Labute approximate surface area is 173 Å². The fourth-order valence-electron chi connectivity index (χ4n) is 3.23. The first-order valence-electron chi connectivity index (χ1n) is 9.32. The lowest BCUT2D eigenvalue weighted by atomic mass is 10.1. The van der Waals surface area contributed by atoms with E-state index in [9.17, 15) is 9.59 Å². The summed E-state index contributed by atoms with van der Waals surface area (Å²) in [6.45, 7) is 4.90. The Balaban J connectivity index is 1.78. The predicted molar refractivity (Wildman–Crippen MR) is 113 cm³/mol. The number of ether oxygens (including phenoxy) is 2. The monoisotopic (exact) mass is 421 g/mol. The van der Waals surface area contributed by atoms with Gasteiger partial charge in [-0.1, -0.05) is 24.0 Å². The Hall–Kier alpha value is -2.06. The molecule has 1 unspecified atom stereocenters. The van der Waals surface area contributed by atoms with Gasteiger partial charge in [-0.05, 0) is 44.9 Å². The molecule has 1 amide bonds. The van der Waals surface area contributed by atoms with Crippen LogP contribution in [0, 0.1) is 0 Å². The van der Waals surface area contributed by atoms with Crippen LogP contribution in [-0.2, 0) is 16.0 Å². The molecule has 2 aliphatic rings. The molecule has 0 aromatic heterocycles. The molecular formula is C20H23NO5S2. The van der Waals surface area contributed by atoms with Gasteiger partial charge >= 0.3 is 5.97 Å². The highest BCUT2D eigenvalue weighted by atomic mass is 32.2. The Kier molecular flexibility index (Phi) is 6.61. The third-order valence-electron chi connectivity index (χ3n) is 4.51. The van der Waals surface area contributed by atoms with E-state index in [0.717, 1.165) is 29.0 Å². The number of hydrogen-bond donors (Lipinski definition) is 1. The molecule has 1 saturated heterocycles. The topological polar surface area (TPSA) is 76.1 Å². The molecule has 8 heteroatoms. The van der Waals surface area contributed by atoms with E-state index in [4.69, 9.17) is 26.8 Å². The SMILES string of the molecule is CCOc1cc2c(cc1C=C1SC(=S)N(CCCCC(=O)O)C1=O)OC(C)C2. The van der Waals surface area contributed by atoms with Gasteiger partial charge in [0.15, 0.2) is 0 Å². The zero-order valence-corrected chi connectivity index (χ0v) is 17.5. The minimum absolute atomic E-state index is 0.0932. The van der Waals surface area contributed by atoms with Gasteiger partial charge in [-0.15, -0.1) is 0 Å². The van der Waals surface area contributed by atoms with Crippen molar-refractivity contribution in [3.8, 4) is 11.5 Å². The highest BCUT2D eigenvalue weighted by molar-refractivity contribution is 8.26. The van der Waals surface area contributed by atoms with E-state index in [1.807, 2.05) is 26.0 Å². The molecule has 1 aromatic carbocycles. The lowest BCUT2D eigenvalue weighted by Gasteiger charge is -2.13. The zero-order chi connectivity index (χ0) is 20.3. The highest BCUT2D eigenvalue weighted by Gasteiger charge is 2.32. The molecule has 1 N–H and O–H groups in total. The summed E-state index contributed by atoms with van der Waals surface area (Å²) in [6, 6.07) is 3.91. The normalized spacial score (nSPS) is 19.9. The van der Waals surface area contributed by atoms with Crippen molar-refractivity contribution in [2.45, 2.75) is 45.6 Å². The first-order chi connectivity index (χ1) is 13.4. The summed E-state index contributed by atoms with van der Waals surface area (Å²) in [6.07, 6.45) is 3.97. The van der Waals surface area contributed by atoms with E-state index in [1.165, 1.54) is 11.8 Å². The number of fused-ring (bicyclic) bond motifs is 1. The molecule has 150 valence electrons. The number of unbranched alkanes of at least 4 members (excludes halogenated alkanes) is 1. The second-order valence-corrected chi connectivity index (χ2v) is 8.42. The molecule has 2 aliphatic heterocycles. The number of carbonyl (C=O) groups is 2. The summed E-state index contributed by atoms with van der Waals surface area (Å²) in [5.41, 5.74) is 1.90. The third kappa shape index (κ3) is 4.67. The number of carboxylic acids is 1. The van der Waals surface area contributed by atoms with E-state index >= 15 is 0 Å². The van der Waals surface area contributed by atoms with Gasteiger partial charge in [-0.25, -0.2) is 0 Å². The third-order valence-corrected chi connectivity index (χ3v) is 5.89. The summed E-state index contributed by atoms with van der Waals surface area (Å²) in [5, 5.41) is 8.73. The Morgan fingerprint density at radius 3 is 2.96 bits per heavy atom. The van der Waals surface area contributed by atoms with Crippen LogP contribution >= 0.6 is 24.0 Å². The van der Waals surface area contributed by atoms with Crippen LogP contribution < -0.4 is 9.47 Å². The average molecular weight is 422 g/mol. The van der Waals surface area contributed by atoms with Crippen LogP contribution in [0.4, 0.5) is 0 Å². The first-order valence-corrected chi connectivity index (χ1v) is 10.5. The van der Waals surface area contributed by atoms with E-state index in [1.54, 1.807) is 11.0 Å². The van der Waals surface area contributed by atoms with Gasteiger partial charge in [0.05, 0.1) is 11.5 Å². The maximum absolute atomic E-state index is 12.8. The van der Waals surface area contributed by atoms with E-state index in [0.29, 0.717) is 35.2 Å². The molecule has 2 heterocycles. The number of aliphatic carboxylic acids is 1. The number of amides is 1. The molecule has 1 aromatic rings. The Morgan fingerprint density at radius 1 is 1.46 bits per heavy atom. The number of hydrogen-bond acceptors (Lipinski definition) is 6. The number of thiocarbonyl (C=S) groups is 1. The van der Waals surface area contributed by atoms with Gasteiger partial charge in [0.1, 0.15) is 21.9 Å². The van der Waals surface area contributed by atoms with E-state index < -0.39 is 5.97 Å². The quantitative estimate of drug-likeness (QED) is 0.388. The van der Waals surface area contributed by atoms with E-state index in [-0.39, 0.29) is 18.4 Å². The molecule has 1 atom stereocenters. The fourth-order valence-corrected chi connectivity index (χ4v) is 4.53. The maximum Gasteiger partial charge on any atom is 0.303 e. The lowest BCUT2D eigenvalue weighted by molar-refractivity contribution is -0.137. The molecule has 0 saturated carbocycles. The summed E-state index contributed by atoms with van der Waals surface area (Å²) in [5.74, 6) is 0.571. The molecule has 6 nitrogen and oxygen atoms in total. The van der Waals surface area contributed by atoms with Gasteiger partial charge < -0.3 is 14.6 Å². The van der Waals surface area contributed by atoms with Gasteiger partial charge in [-0.2, -0.15) is 0 Å². The minimum atomic E-state index is -0.832. The van der Waals surface area contributed by atoms with Crippen molar-refractivity contribution in [2.24, 2.45) is 0 Å². The van der Waals surface area contributed by atoms with Crippen molar-refractivity contribution in [1.29, 1.82) is 0 Å². The second-order valence-electron chi connectivity index (χ2n) is 6.75. The van der Waals surface area contributed by atoms with Crippen molar-refractivity contribution in [3.05, 3.63) is 28.2 Å². The van der Waals surface area contributed by atoms with Crippen LogP contribution in [0.2, 0.25) is 0 Å². The molecule has 0 aliphatic carbocycles. The van der Waals surface area contributed by atoms with Crippen LogP contribution in [0.25, 0.3) is 6.08 Å². The number of nitrogens with zero attached hydrogens (tertiary/aromatic N) is 1. The average Bonchev–Trinajstić information content (AvgIpc) is 3.11. The zero-order valence-electron chi connectivity index (χ0n) is 15.9. The number of thioether (sulfide) groups is 1. The number of carboxylic acid groups (broad SMARTS) is 1. The Morgan fingerprint density at radius 2 is 2.25 bits per heavy atom. The molecule has 28 heavy (non-hydrogen) atoms. The van der Waals surface area contributed by atoms with Crippen LogP contribution in [-0.4, -0.2) is 45.5 Å². The molecular weight excluding hydrogens is 398 g/mol. The van der Waals surface area contributed by atoms with Gasteiger partial charge in [0.2, 0.25) is 0 Å². The molecule has 0 spiro atoms. The van der Waals surface area contributed by atoms with Crippen LogP contribution in [0.5, 0.6) is 11.5 Å². The largest absolute Gasteiger partial charge is 0.493 e. The number of rotatable bonds is 8. The fraction of sp³-hybridized carbons (Fsp3) is 0.450. The van der Waals surface area contributed by atoms with Crippen LogP contribution in [0.15, 0.2) is 17.0 Å². The van der Waals surface area contributed by atoms with E-state index in [2.05, 4.69) is 0 Å². The number of benzene rings is 1. The smallest absolute Gasteiger partial charge is 0.303 e. The van der Waals surface area contributed by atoms with Gasteiger partial charge in [-0.3, -0.25) is 14.5 Å². The Bertz CT molecular complexity index is 836. The standard InChI is InChI=1S/C20H23NO5S2/c1-3-25-15-9-13-8-12(2)26-16(13)10-14(15)11-17-19(24)21(20(27)28-17)7-5-4-6-18(22)23/h9-12H,3-8H2,1-2H3,(H,22,23). The number of carbonyl (C=O) groups excluding carboxylic acids is 1. The maximum atomic E-state index is 12.8. The molecule has 0 radical (unpaired) electrons.